The molecule has 3 aromatic rings. The van der Waals surface area contributed by atoms with Crippen molar-refractivity contribution in [3.63, 3.8) is 0 Å². The van der Waals surface area contributed by atoms with Gasteiger partial charge in [-0.1, -0.05) is 60.7 Å². The molecule has 0 spiro atoms. The normalized spacial score (nSPS) is 16.5. The van der Waals surface area contributed by atoms with Crippen molar-refractivity contribution >= 4 is 12.0 Å². The van der Waals surface area contributed by atoms with Crippen LogP contribution in [0.4, 0.5) is 23.9 Å². The average molecular weight is 499 g/mol. The van der Waals surface area contributed by atoms with Crippen LogP contribution in [-0.2, 0) is 17.7 Å². The maximum absolute atomic E-state index is 13.7. The highest BCUT2D eigenvalue weighted by Gasteiger charge is 2.64. The van der Waals surface area contributed by atoms with Crippen molar-refractivity contribution < 1.29 is 22.7 Å². The number of amides is 1. The number of ether oxygens (including phenoxy) is 1. The summed E-state index contributed by atoms with van der Waals surface area (Å²) in [5, 5.41) is 0. The van der Waals surface area contributed by atoms with Crippen molar-refractivity contribution in [1.82, 2.24) is 14.5 Å². The van der Waals surface area contributed by atoms with Crippen molar-refractivity contribution in [3.8, 4) is 0 Å². The third-order valence-electron chi connectivity index (χ3n) is 6.97. The smallest absolute Gasteiger partial charge is 0.410 e. The minimum Gasteiger partial charge on any atom is -0.448 e. The molecule has 0 radical (unpaired) electrons. The monoisotopic (exact) mass is 498 g/mol. The van der Waals surface area contributed by atoms with Gasteiger partial charge in [0.05, 0.1) is 18.3 Å². The predicted octanol–water partition coefficient (Wildman–Crippen LogP) is 4.30. The molecule has 2 heterocycles. The maximum Gasteiger partial charge on any atom is 0.410 e. The second-order valence-electron chi connectivity index (χ2n) is 9.30. The first-order valence-corrected chi connectivity index (χ1v) is 11.7. The summed E-state index contributed by atoms with van der Waals surface area (Å²) in [7, 11) is 0. The molecule has 188 valence electrons. The van der Waals surface area contributed by atoms with Gasteiger partial charge in [-0.15, -0.1) is 0 Å². The molecule has 7 nitrogen and oxygen atoms in total. The number of halogens is 3. The topological polar surface area (TPSA) is 90.5 Å². The molecular weight excluding hydrogens is 473 g/mol. The summed E-state index contributed by atoms with van der Waals surface area (Å²) in [5.41, 5.74) is 6.54. The van der Waals surface area contributed by atoms with Crippen LogP contribution in [0.3, 0.4) is 0 Å². The van der Waals surface area contributed by atoms with Gasteiger partial charge >= 0.3 is 12.3 Å². The van der Waals surface area contributed by atoms with Crippen LogP contribution in [0.15, 0.2) is 65.5 Å². The van der Waals surface area contributed by atoms with Crippen LogP contribution in [0.25, 0.3) is 0 Å². The molecule has 2 N–H and O–H groups in total. The molecule has 5 rings (SSSR count). The first kappa shape index (κ1) is 23.9. The highest BCUT2D eigenvalue weighted by molar-refractivity contribution is 5.68. The summed E-state index contributed by atoms with van der Waals surface area (Å²) >= 11 is 0. The van der Waals surface area contributed by atoms with Gasteiger partial charge in [0.2, 0.25) is 5.95 Å². The van der Waals surface area contributed by atoms with Gasteiger partial charge in [-0.3, -0.25) is 9.36 Å². The molecule has 10 heteroatoms. The lowest BCUT2D eigenvalue weighted by atomic mass is 9.97. The number of hydrogen-bond donors (Lipinski definition) is 1. The average Bonchev–Trinajstić information content (AvgIpc) is 3.67. The van der Waals surface area contributed by atoms with E-state index in [-0.39, 0.29) is 43.9 Å². The van der Waals surface area contributed by atoms with Crippen LogP contribution in [0.5, 0.6) is 0 Å². The highest BCUT2D eigenvalue weighted by Crippen LogP contribution is 2.57. The van der Waals surface area contributed by atoms with E-state index in [1.807, 2.05) is 60.7 Å². The third-order valence-corrected chi connectivity index (χ3v) is 6.97. The molecule has 2 aromatic carbocycles. The number of benzene rings is 2. The zero-order valence-electron chi connectivity index (χ0n) is 19.4. The van der Waals surface area contributed by atoms with Crippen LogP contribution < -0.4 is 11.3 Å². The highest BCUT2D eigenvalue weighted by atomic mass is 19.4. The lowest BCUT2D eigenvalue weighted by Crippen LogP contribution is -2.43. The number of carbonyl (C=O) groups excluding carboxylic acids is 1. The minimum absolute atomic E-state index is 0.0133. The molecule has 1 aliphatic heterocycles. The van der Waals surface area contributed by atoms with Crippen LogP contribution in [0.1, 0.15) is 41.3 Å². The molecule has 2 aliphatic rings. The lowest BCUT2D eigenvalue weighted by Gasteiger charge is -2.30. The lowest BCUT2D eigenvalue weighted by molar-refractivity contribution is -0.197. The predicted molar refractivity (Wildman–Crippen MR) is 126 cm³/mol. The van der Waals surface area contributed by atoms with Crippen molar-refractivity contribution in [1.29, 1.82) is 0 Å². The second kappa shape index (κ2) is 9.00. The molecule has 1 aliphatic carbocycles. The molecule has 1 fully saturated rings. The van der Waals surface area contributed by atoms with Crippen molar-refractivity contribution in [2.75, 3.05) is 18.9 Å². The Labute approximate surface area is 205 Å². The van der Waals surface area contributed by atoms with Gasteiger partial charge in [-0.05, 0) is 30.4 Å². The Bertz CT molecular complexity index is 1280. The molecule has 0 bridgehead atoms. The van der Waals surface area contributed by atoms with Crippen LogP contribution in [0.2, 0.25) is 0 Å². The number of fused-ring (bicyclic) bond motifs is 1. The van der Waals surface area contributed by atoms with Gasteiger partial charge < -0.3 is 15.4 Å². The summed E-state index contributed by atoms with van der Waals surface area (Å²) in [6.07, 6.45) is -5.16. The fraction of sp³-hybridized carbons (Fsp3) is 0.346. The Morgan fingerprint density at radius 1 is 1.06 bits per heavy atom. The maximum atomic E-state index is 13.7. The van der Waals surface area contributed by atoms with E-state index in [9.17, 15) is 22.8 Å². The zero-order valence-corrected chi connectivity index (χ0v) is 19.4. The third kappa shape index (κ3) is 4.31. The van der Waals surface area contributed by atoms with E-state index in [0.29, 0.717) is 11.3 Å². The van der Waals surface area contributed by atoms with Gasteiger partial charge in [0.15, 0.2) is 0 Å². The van der Waals surface area contributed by atoms with Crippen molar-refractivity contribution in [2.24, 2.45) is 5.41 Å². The number of nitrogens with two attached hydrogens (primary N) is 1. The Morgan fingerprint density at radius 2 is 1.64 bits per heavy atom. The minimum atomic E-state index is -4.41. The quantitative estimate of drug-likeness (QED) is 0.567. The van der Waals surface area contributed by atoms with E-state index < -0.39 is 30.3 Å². The molecule has 36 heavy (non-hydrogen) atoms. The number of aromatic nitrogens is 2. The summed E-state index contributed by atoms with van der Waals surface area (Å²) in [6, 6.07) is 18.4. The fourth-order valence-electron chi connectivity index (χ4n) is 4.64. The van der Waals surface area contributed by atoms with Crippen LogP contribution in [0, 0.1) is 5.41 Å². The fourth-order valence-corrected chi connectivity index (χ4v) is 4.64. The van der Waals surface area contributed by atoms with Crippen molar-refractivity contribution in [2.45, 2.75) is 38.0 Å². The number of carbonyl (C=O) groups is 1. The molecular formula is C26H25F3N4O3. The van der Waals surface area contributed by atoms with E-state index in [4.69, 9.17) is 10.5 Å². The van der Waals surface area contributed by atoms with E-state index in [1.165, 1.54) is 9.47 Å². The Kier molecular flexibility index (Phi) is 5.97. The summed E-state index contributed by atoms with van der Waals surface area (Å²) in [6.45, 7) is -0.631. The molecule has 1 amide bonds. The van der Waals surface area contributed by atoms with Crippen molar-refractivity contribution in [3.05, 3.63) is 93.4 Å². The Balaban J connectivity index is 1.42. The number of alkyl halides is 3. The molecule has 0 atom stereocenters. The number of nitrogen functional groups attached to an aromatic ring is 1. The largest absolute Gasteiger partial charge is 0.448 e. The summed E-state index contributed by atoms with van der Waals surface area (Å²) < 4.78 is 45.9. The van der Waals surface area contributed by atoms with E-state index in [2.05, 4.69) is 4.98 Å². The van der Waals surface area contributed by atoms with Gasteiger partial charge in [0.25, 0.3) is 5.56 Å². The SMILES string of the molecule is Nc1nc2c(c(=O)n1C(c1ccccc1)c1ccccc1)CCN(C(=O)OCC1(C(F)(F)F)CC1)C2. The van der Waals surface area contributed by atoms with Gasteiger partial charge in [-0.2, -0.15) is 13.2 Å². The summed E-state index contributed by atoms with van der Waals surface area (Å²) in [4.78, 5) is 31.9. The number of rotatable bonds is 5. The molecule has 0 saturated heterocycles. The second-order valence-corrected chi connectivity index (χ2v) is 9.30. The molecule has 1 aromatic heterocycles. The number of anilines is 1. The zero-order chi connectivity index (χ0) is 25.5. The Morgan fingerprint density at radius 3 is 2.17 bits per heavy atom. The van der Waals surface area contributed by atoms with Crippen LogP contribution in [-0.4, -0.2) is 39.9 Å². The van der Waals surface area contributed by atoms with E-state index >= 15 is 0 Å². The molecule has 0 unspecified atom stereocenters. The van der Waals surface area contributed by atoms with E-state index in [0.717, 1.165) is 11.1 Å². The van der Waals surface area contributed by atoms with Gasteiger partial charge in [-0.25, -0.2) is 9.78 Å². The first-order valence-electron chi connectivity index (χ1n) is 11.7. The standard InChI is InChI=1S/C26H25F3N4O3/c27-26(28,29)25(12-13-25)16-36-24(35)32-14-11-19-20(15-32)31-23(30)33(22(19)34)21(17-7-3-1-4-8-17)18-9-5-2-6-10-18/h1-10,21H,11-16H2,(H2,30,31). The number of hydrogen-bond acceptors (Lipinski definition) is 5. The van der Waals surface area contributed by atoms with Gasteiger partial charge in [0.1, 0.15) is 12.0 Å². The number of nitrogens with zero attached hydrogens (tertiary/aromatic N) is 3. The first-order chi connectivity index (χ1) is 17.2. The van der Waals surface area contributed by atoms with Crippen LogP contribution >= 0.6 is 0 Å². The summed E-state index contributed by atoms with van der Waals surface area (Å²) in [5.74, 6) is -0.0133. The van der Waals surface area contributed by atoms with Gasteiger partial charge in [0, 0.05) is 12.1 Å². The molecule has 1 saturated carbocycles. The Hall–Kier alpha value is -3.82. The van der Waals surface area contributed by atoms with E-state index in [1.54, 1.807) is 0 Å².